The van der Waals surface area contributed by atoms with Crippen LogP contribution in [0.5, 0.6) is 5.75 Å². The van der Waals surface area contributed by atoms with Gasteiger partial charge < -0.3 is 29.8 Å². The van der Waals surface area contributed by atoms with Crippen LogP contribution in [0.15, 0.2) is 47.3 Å². The number of aryl methyl sites for hydroxylation is 1. The minimum Gasteiger partial charge on any atom is -0.486 e. The second-order valence-electron chi connectivity index (χ2n) is 10.8. The molecule has 1 atom stereocenters. The van der Waals surface area contributed by atoms with Crippen molar-refractivity contribution in [2.24, 2.45) is 0 Å². The summed E-state index contributed by atoms with van der Waals surface area (Å²) in [5, 5.41) is 16.9. The second kappa shape index (κ2) is 13.1. The summed E-state index contributed by atoms with van der Waals surface area (Å²) in [6, 6.07) is 9.69. The fraction of sp³-hybridized carbons (Fsp3) is 0.467. The highest BCUT2D eigenvalue weighted by Crippen LogP contribution is 2.25. The summed E-state index contributed by atoms with van der Waals surface area (Å²) >= 11 is 0. The molecule has 1 saturated heterocycles. The van der Waals surface area contributed by atoms with E-state index < -0.39 is 6.10 Å². The van der Waals surface area contributed by atoms with Crippen molar-refractivity contribution in [1.82, 2.24) is 25.1 Å². The summed E-state index contributed by atoms with van der Waals surface area (Å²) in [5.74, 6) is 2.00. The van der Waals surface area contributed by atoms with E-state index in [0.717, 1.165) is 49.6 Å². The smallest absolute Gasteiger partial charge is 0.251 e. The van der Waals surface area contributed by atoms with Crippen molar-refractivity contribution in [3.8, 4) is 5.75 Å². The van der Waals surface area contributed by atoms with Gasteiger partial charge in [0.25, 0.3) is 5.91 Å². The molecule has 0 radical (unpaired) electrons. The van der Waals surface area contributed by atoms with Gasteiger partial charge in [0.05, 0.1) is 11.8 Å². The van der Waals surface area contributed by atoms with Gasteiger partial charge >= 0.3 is 0 Å². The third kappa shape index (κ3) is 7.62. The number of aliphatic hydroxyl groups excluding tert-OH is 1. The number of amides is 2. The lowest BCUT2D eigenvalue weighted by Crippen LogP contribution is -2.42. The van der Waals surface area contributed by atoms with Crippen molar-refractivity contribution in [3.63, 3.8) is 0 Å². The molecule has 2 aliphatic heterocycles. The van der Waals surface area contributed by atoms with Crippen LogP contribution in [0, 0.1) is 6.92 Å². The molecule has 11 nitrogen and oxygen atoms in total. The summed E-state index contributed by atoms with van der Waals surface area (Å²) in [6.45, 7) is 7.42. The van der Waals surface area contributed by atoms with Gasteiger partial charge in [0, 0.05) is 64.0 Å². The van der Waals surface area contributed by atoms with Crippen LogP contribution in [0.25, 0.3) is 0 Å². The summed E-state index contributed by atoms with van der Waals surface area (Å²) in [7, 11) is 0. The first-order valence-corrected chi connectivity index (χ1v) is 14.1. The van der Waals surface area contributed by atoms with Crippen molar-refractivity contribution >= 4 is 17.6 Å². The summed E-state index contributed by atoms with van der Waals surface area (Å²) in [6.07, 6.45) is 4.86. The van der Waals surface area contributed by atoms with Crippen LogP contribution >= 0.6 is 0 Å². The topological polar surface area (TPSA) is 133 Å². The Morgan fingerprint density at radius 3 is 2.73 bits per heavy atom. The standard InChI is InChI=1S/C30H38N6O5/c1-20-28(41-19-33-20)18-40-27-4-3-24-16-35(10-6-22(24)13-27)17-26(38)15-32-30(39)23-5-9-31-29(14-23)34-25-7-11-36(12-8-25)21(2)37/h3-5,9,13-14,19,25-26,38H,6-8,10-12,15-18H2,1-2H3,(H,31,34)(H,32,39). The van der Waals surface area contributed by atoms with Gasteiger partial charge in [-0.25, -0.2) is 9.97 Å². The van der Waals surface area contributed by atoms with Gasteiger partial charge in [-0.1, -0.05) is 6.07 Å². The van der Waals surface area contributed by atoms with Gasteiger partial charge in [0.2, 0.25) is 5.91 Å². The number of hydrogen-bond donors (Lipinski definition) is 3. The number of β-amino-alcohol motifs (C(OH)–C–C–N with tert-alkyl or cyclic N) is 1. The zero-order valence-corrected chi connectivity index (χ0v) is 23.6. The van der Waals surface area contributed by atoms with Crippen LogP contribution < -0.4 is 15.4 Å². The Labute approximate surface area is 239 Å². The Hall–Kier alpha value is -3.96. The van der Waals surface area contributed by atoms with Crippen LogP contribution in [-0.4, -0.2) is 81.6 Å². The number of fused-ring (bicyclic) bond motifs is 1. The van der Waals surface area contributed by atoms with Crippen molar-refractivity contribution in [1.29, 1.82) is 0 Å². The van der Waals surface area contributed by atoms with Crippen molar-refractivity contribution in [2.45, 2.75) is 58.4 Å². The first kappa shape index (κ1) is 28.6. The molecular weight excluding hydrogens is 524 g/mol. The molecule has 1 aromatic carbocycles. The number of carbonyl (C=O) groups is 2. The Morgan fingerprint density at radius 2 is 1.98 bits per heavy atom. The zero-order valence-electron chi connectivity index (χ0n) is 23.6. The van der Waals surface area contributed by atoms with Crippen LogP contribution in [0.1, 0.15) is 52.7 Å². The van der Waals surface area contributed by atoms with Crippen molar-refractivity contribution in [3.05, 3.63) is 71.1 Å². The predicted molar refractivity (Wildman–Crippen MR) is 152 cm³/mol. The molecule has 4 heterocycles. The molecular formula is C30H38N6O5. The molecule has 0 saturated carbocycles. The number of likely N-dealkylation sites (tertiary alicyclic amines) is 1. The van der Waals surface area contributed by atoms with E-state index in [1.807, 2.05) is 17.9 Å². The molecule has 1 unspecified atom stereocenters. The molecule has 2 aromatic heterocycles. The van der Waals surface area contributed by atoms with Crippen molar-refractivity contribution in [2.75, 3.05) is 38.0 Å². The van der Waals surface area contributed by atoms with Gasteiger partial charge in [0.15, 0.2) is 12.2 Å². The minimum absolute atomic E-state index is 0.0995. The number of rotatable bonds is 10. The number of aromatic nitrogens is 2. The normalized spacial score (nSPS) is 16.6. The highest BCUT2D eigenvalue weighted by Gasteiger charge is 2.22. The lowest BCUT2D eigenvalue weighted by atomic mass is 9.99. The lowest BCUT2D eigenvalue weighted by molar-refractivity contribution is -0.129. The number of hydrogen-bond acceptors (Lipinski definition) is 9. The molecule has 11 heteroatoms. The van der Waals surface area contributed by atoms with Gasteiger partial charge in [-0.3, -0.25) is 14.5 Å². The molecule has 41 heavy (non-hydrogen) atoms. The molecule has 1 fully saturated rings. The van der Waals surface area contributed by atoms with Gasteiger partial charge in [-0.15, -0.1) is 0 Å². The number of ether oxygens (including phenoxy) is 1. The molecule has 2 aliphatic rings. The quantitative estimate of drug-likeness (QED) is 0.341. The SMILES string of the molecule is CC(=O)N1CCC(Nc2cc(C(=O)NCC(O)CN3CCc4cc(OCc5ocnc5C)ccc4C3)ccn2)CC1. The van der Waals surface area contributed by atoms with Crippen LogP contribution in [0.3, 0.4) is 0 Å². The van der Waals surface area contributed by atoms with E-state index in [4.69, 9.17) is 9.15 Å². The summed E-state index contributed by atoms with van der Waals surface area (Å²) in [4.78, 5) is 36.8. The molecule has 0 bridgehead atoms. The van der Waals surface area contributed by atoms with E-state index in [2.05, 4.69) is 37.6 Å². The lowest BCUT2D eigenvalue weighted by Gasteiger charge is -2.32. The average Bonchev–Trinajstić information content (AvgIpc) is 3.39. The number of benzene rings is 1. The number of nitrogens with one attached hydrogen (secondary N) is 2. The number of piperidine rings is 1. The summed E-state index contributed by atoms with van der Waals surface area (Å²) < 4.78 is 11.2. The first-order valence-electron chi connectivity index (χ1n) is 14.1. The molecule has 3 aromatic rings. The van der Waals surface area contributed by atoms with E-state index in [-0.39, 0.29) is 24.4 Å². The summed E-state index contributed by atoms with van der Waals surface area (Å²) in [5.41, 5.74) is 3.76. The fourth-order valence-corrected chi connectivity index (χ4v) is 5.32. The van der Waals surface area contributed by atoms with E-state index in [1.54, 1.807) is 25.3 Å². The number of carbonyl (C=O) groups excluding carboxylic acids is 2. The van der Waals surface area contributed by atoms with Gasteiger partial charge in [0.1, 0.15) is 18.2 Å². The number of anilines is 1. The predicted octanol–water partition coefficient (Wildman–Crippen LogP) is 2.53. The minimum atomic E-state index is -0.695. The zero-order chi connectivity index (χ0) is 28.8. The maximum atomic E-state index is 12.8. The van der Waals surface area contributed by atoms with Crippen LogP contribution in [0.2, 0.25) is 0 Å². The molecule has 3 N–H and O–H groups in total. The Morgan fingerprint density at radius 1 is 1.15 bits per heavy atom. The largest absolute Gasteiger partial charge is 0.486 e. The number of nitrogens with zero attached hydrogens (tertiary/aromatic N) is 4. The van der Waals surface area contributed by atoms with Gasteiger partial charge in [-0.05, 0) is 61.6 Å². The van der Waals surface area contributed by atoms with E-state index in [0.29, 0.717) is 37.6 Å². The van der Waals surface area contributed by atoms with Gasteiger partial charge in [-0.2, -0.15) is 0 Å². The highest BCUT2D eigenvalue weighted by molar-refractivity contribution is 5.94. The Bertz CT molecular complexity index is 1350. The van der Waals surface area contributed by atoms with Crippen LogP contribution in [-0.2, 0) is 24.4 Å². The molecule has 5 rings (SSSR count). The molecule has 0 aliphatic carbocycles. The first-order chi connectivity index (χ1) is 19.8. The van der Waals surface area contributed by atoms with Crippen LogP contribution in [0.4, 0.5) is 5.82 Å². The average molecular weight is 563 g/mol. The number of aliphatic hydroxyl groups is 1. The third-order valence-electron chi connectivity index (χ3n) is 7.77. The Kier molecular flexibility index (Phi) is 9.15. The maximum absolute atomic E-state index is 12.8. The fourth-order valence-electron chi connectivity index (χ4n) is 5.32. The molecule has 2 amide bonds. The third-order valence-corrected chi connectivity index (χ3v) is 7.77. The monoisotopic (exact) mass is 562 g/mol. The second-order valence-corrected chi connectivity index (χ2v) is 10.8. The molecule has 218 valence electrons. The molecule has 0 spiro atoms. The number of oxazole rings is 1. The van der Waals surface area contributed by atoms with Crippen molar-refractivity contribution < 1.29 is 23.8 Å². The Balaban J connectivity index is 1.05. The number of pyridine rings is 1. The van der Waals surface area contributed by atoms with E-state index in [1.165, 1.54) is 17.5 Å². The highest BCUT2D eigenvalue weighted by atomic mass is 16.5. The van der Waals surface area contributed by atoms with E-state index in [9.17, 15) is 14.7 Å². The maximum Gasteiger partial charge on any atom is 0.251 e. The van der Waals surface area contributed by atoms with E-state index >= 15 is 0 Å².